The van der Waals surface area contributed by atoms with E-state index < -0.39 is 0 Å². The lowest BCUT2D eigenvalue weighted by molar-refractivity contribution is 0.0552. The molecule has 1 aliphatic carbocycles. The molecule has 78 valence electrons. The van der Waals surface area contributed by atoms with Gasteiger partial charge >= 0.3 is 0 Å². The average molecular weight is 205 g/mol. The fraction of sp³-hybridized carbons (Fsp3) is 1.00. The lowest BCUT2D eigenvalue weighted by Crippen LogP contribution is -2.20. The van der Waals surface area contributed by atoms with Crippen molar-refractivity contribution in [3.05, 3.63) is 0 Å². The van der Waals surface area contributed by atoms with Gasteiger partial charge in [0, 0.05) is 13.0 Å². The van der Waals surface area contributed by atoms with Crippen molar-refractivity contribution in [3.63, 3.8) is 0 Å². The van der Waals surface area contributed by atoms with Crippen LogP contribution in [0.2, 0.25) is 0 Å². The number of alkyl halides is 1. The van der Waals surface area contributed by atoms with Crippen molar-refractivity contribution in [2.75, 3.05) is 13.0 Å². The summed E-state index contributed by atoms with van der Waals surface area (Å²) < 4.78 is 5.34. The topological polar surface area (TPSA) is 9.23 Å². The van der Waals surface area contributed by atoms with E-state index in [4.69, 9.17) is 16.3 Å². The van der Waals surface area contributed by atoms with E-state index in [1.807, 2.05) is 7.11 Å². The van der Waals surface area contributed by atoms with Gasteiger partial charge in [-0.05, 0) is 38.0 Å². The Kier molecular flexibility index (Phi) is 5.81. The van der Waals surface area contributed by atoms with Crippen LogP contribution in [0.4, 0.5) is 0 Å². The van der Waals surface area contributed by atoms with E-state index >= 15 is 0 Å². The minimum Gasteiger partial charge on any atom is -0.381 e. The Bertz CT molecular complexity index is 117. The summed E-state index contributed by atoms with van der Waals surface area (Å²) in [6.45, 7) is 0. The third-order valence-electron chi connectivity index (χ3n) is 3.12. The van der Waals surface area contributed by atoms with E-state index in [9.17, 15) is 0 Å². The Morgan fingerprint density at radius 1 is 1.15 bits per heavy atom. The zero-order chi connectivity index (χ0) is 9.52. The lowest BCUT2D eigenvalue weighted by Gasteiger charge is -2.27. The maximum Gasteiger partial charge on any atom is 0.0571 e. The summed E-state index contributed by atoms with van der Waals surface area (Å²) in [4.78, 5) is 0. The second kappa shape index (κ2) is 6.67. The molecular formula is C11H21ClO. The number of unbranched alkanes of at least 4 members (excludes halogenated alkanes) is 1. The first kappa shape index (κ1) is 11.3. The second-order valence-electron chi connectivity index (χ2n) is 4.06. The Morgan fingerprint density at radius 3 is 2.38 bits per heavy atom. The van der Waals surface area contributed by atoms with Crippen LogP contribution in [0.3, 0.4) is 0 Å². The molecule has 0 heterocycles. The van der Waals surface area contributed by atoms with Crippen LogP contribution in [0.1, 0.15) is 44.9 Å². The maximum absolute atomic E-state index is 5.64. The summed E-state index contributed by atoms with van der Waals surface area (Å²) in [5.74, 6) is 1.78. The smallest absolute Gasteiger partial charge is 0.0571 e. The van der Waals surface area contributed by atoms with Crippen LogP contribution in [0.15, 0.2) is 0 Å². The molecular weight excluding hydrogens is 184 g/mol. The van der Waals surface area contributed by atoms with Crippen LogP contribution in [-0.4, -0.2) is 19.1 Å². The Labute approximate surface area is 86.8 Å². The third-order valence-corrected chi connectivity index (χ3v) is 3.39. The van der Waals surface area contributed by atoms with Crippen LogP contribution in [-0.2, 0) is 4.74 Å². The molecule has 0 amide bonds. The molecule has 1 nitrogen and oxygen atoms in total. The number of ether oxygens (including phenoxy) is 1. The van der Waals surface area contributed by atoms with Crippen molar-refractivity contribution in [2.24, 2.45) is 5.92 Å². The predicted octanol–water partition coefficient (Wildman–Crippen LogP) is 3.60. The van der Waals surface area contributed by atoms with Crippen molar-refractivity contribution >= 4 is 11.6 Å². The molecule has 13 heavy (non-hydrogen) atoms. The van der Waals surface area contributed by atoms with Gasteiger partial charge in [-0.1, -0.05) is 12.8 Å². The highest BCUT2D eigenvalue weighted by Gasteiger charge is 2.19. The molecule has 0 aromatic carbocycles. The van der Waals surface area contributed by atoms with E-state index in [0.29, 0.717) is 6.10 Å². The number of hydrogen-bond donors (Lipinski definition) is 0. The summed E-state index contributed by atoms with van der Waals surface area (Å²) in [5, 5.41) is 0. The van der Waals surface area contributed by atoms with Crippen LogP contribution < -0.4 is 0 Å². The first-order valence-electron chi connectivity index (χ1n) is 5.45. The number of halogens is 1. The zero-order valence-electron chi connectivity index (χ0n) is 8.60. The van der Waals surface area contributed by atoms with Gasteiger partial charge in [-0.3, -0.25) is 0 Å². The third kappa shape index (κ3) is 4.33. The van der Waals surface area contributed by atoms with E-state index in [1.165, 1.54) is 44.9 Å². The quantitative estimate of drug-likeness (QED) is 0.491. The standard InChI is InChI=1S/C11H21ClO/c1-13-11-7-5-10(6-8-11)4-2-3-9-12/h10-11H,2-9H2,1H3. The highest BCUT2D eigenvalue weighted by Crippen LogP contribution is 2.29. The van der Waals surface area contributed by atoms with Crippen molar-refractivity contribution in [2.45, 2.75) is 51.0 Å². The molecule has 0 unspecified atom stereocenters. The summed E-state index contributed by atoms with van der Waals surface area (Å²) in [7, 11) is 1.83. The molecule has 1 rings (SSSR count). The van der Waals surface area contributed by atoms with Crippen LogP contribution in [0.25, 0.3) is 0 Å². The van der Waals surface area contributed by atoms with Gasteiger partial charge in [0.15, 0.2) is 0 Å². The van der Waals surface area contributed by atoms with Crippen LogP contribution in [0, 0.1) is 5.92 Å². The van der Waals surface area contributed by atoms with Gasteiger partial charge < -0.3 is 4.74 Å². The molecule has 1 aliphatic rings. The lowest BCUT2D eigenvalue weighted by atomic mass is 9.84. The van der Waals surface area contributed by atoms with Gasteiger partial charge in [-0.2, -0.15) is 0 Å². The fourth-order valence-corrected chi connectivity index (χ4v) is 2.37. The van der Waals surface area contributed by atoms with Crippen molar-refractivity contribution in [1.29, 1.82) is 0 Å². The molecule has 0 aliphatic heterocycles. The summed E-state index contributed by atoms with van der Waals surface area (Å²) in [6.07, 6.45) is 9.68. The molecule has 1 fully saturated rings. The number of rotatable bonds is 5. The molecule has 0 atom stereocenters. The van der Waals surface area contributed by atoms with Crippen LogP contribution in [0.5, 0.6) is 0 Å². The Hall–Kier alpha value is 0.250. The van der Waals surface area contributed by atoms with E-state index in [2.05, 4.69) is 0 Å². The molecule has 0 spiro atoms. The van der Waals surface area contributed by atoms with E-state index in [0.717, 1.165) is 11.8 Å². The summed E-state index contributed by atoms with van der Waals surface area (Å²) in [6, 6.07) is 0. The van der Waals surface area contributed by atoms with Gasteiger partial charge in [-0.15, -0.1) is 11.6 Å². The SMILES string of the molecule is COC1CCC(CCCCCl)CC1. The fourth-order valence-electron chi connectivity index (χ4n) is 2.18. The molecule has 1 saturated carbocycles. The minimum atomic E-state index is 0.546. The average Bonchev–Trinajstić information content (AvgIpc) is 2.19. The van der Waals surface area contributed by atoms with Gasteiger partial charge in [0.1, 0.15) is 0 Å². The van der Waals surface area contributed by atoms with E-state index in [-0.39, 0.29) is 0 Å². The minimum absolute atomic E-state index is 0.546. The van der Waals surface area contributed by atoms with Crippen molar-refractivity contribution in [1.82, 2.24) is 0 Å². The Balaban J connectivity index is 2.03. The first-order valence-corrected chi connectivity index (χ1v) is 5.99. The van der Waals surface area contributed by atoms with Gasteiger partial charge in [0.2, 0.25) is 0 Å². The van der Waals surface area contributed by atoms with Crippen molar-refractivity contribution < 1.29 is 4.74 Å². The zero-order valence-corrected chi connectivity index (χ0v) is 9.35. The predicted molar refractivity (Wildman–Crippen MR) is 57.3 cm³/mol. The van der Waals surface area contributed by atoms with E-state index in [1.54, 1.807) is 0 Å². The largest absolute Gasteiger partial charge is 0.381 e. The summed E-state index contributed by atoms with van der Waals surface area (Å²) in [5.41, 5.74) is 0. The monoisotopic (exact) mass is 204 g/mol. The van der Waals surface area contributed by atoms with Crippen molar-refractivity contribution in [3.8, 4) is 0 Å². The highest BCUT2D eigenvalue weighted by atomic mass is 35.5. The second-order valence-corrected chi connectivity index (χ2v) is 4.44. The molecule has 0 saturated heterocycles. The molecule has 0 N–H and O–H groups in total. The number of hydrogen-bond acceptors (Lipinski definition) is 1. The molecule has 2 heteroatoms. The molecule has 0 aromatic heterocycles. The van der Waals surface area contributed by atoms with Gasteiger partial charge in [0.25, 0.3) is 0 Å². The van der Waals surface area contributed by atoms with Gasteiger partial charge in [0.05, 0.1) is 6.10 Å². The van der Waals surface area contributed by atoms with Crippen LogP contribution >= 0.6 is 11.6 Å². The van der Waals surface area contributed by atoms with Gasteiger partial charge in [-0.25, -0.2) is 0 Å². The Morgan fingerprint density at radius 2 is 1.85 bits per heavy atom. The number of methoxy groups -OCH3 is 1. The highest BCUT2D eigenvalue weighted by molar-refractivity contribution is 6.17. The maximum atomic E-state index is 5.64. The normalized spacial score (nSPS) is 29.1. The molecule has 0 bridgehead atoms. The summed E-state index contributed by atoms with van der Waals surface area (Å²) >= 11 is 5.64. The molecule has 0 aromatic rings. The molecule has 0 radical (unpaired) electrons. The first-order chi connectivity index (χ1) is 6.36.